The Hall–Kier alpha value is -1.11. The average molecular weight is 298 g/mol. The van der Waals surface area contributed by atoms with E-state index < -0.39 is 10.0 Å². The summed E-state index contributed by atoms with van der Waals surface area (Å²) in [5.74, 6) is 0.938. The lowest BCUT2D eigenvalue weighted by Gasteiger charge is -2.38. The van der Waals surface area contributed by atoms with Gasteiger partial charge in [-0.15, -0.1) is 0 Å². The molecule has 1 aliphatic rings. The summed E-state index contributed by atoms with van der Waals surface area (Å²) < 4.78 is 32.1. The standard InChI is InChI=1S/C14H22N2O3S/c1-11-4-3-9-16(14(11)10-15)20(17,18)13-7-5-12(19-2)6-8-13/h5-8,11,14H,3-4,9-10,15H2,1-2H3. The summed E-state index contributed by atoms with van der Waals surface area (Å²) in [5, 5.41) is 0. The van der Waals surface area contributed by atoms with Gasteiger partial charge in [0.25, 0.3) is 0 Å². The van der Waals surface area contributed by atoms with Crippen molar-refractivity contribution in [2.24, 2.45) is 11.7 Å². The van der Waals surface area contributed by atoms with Crippen molar-refractivity contribution in [1.29, 1.82) is 0 Å². The van der Waals surface area contributed by atoms with Gasteiger partial charge in [-0.05, 0) is 43.0 Å². The SMILES string of the molecule is COc1ccc(S(=O)(=O)N2CCCC(C)C2CN)cc1. The second-order valence-electron chi connectivity index (χ2n) is 5.21. The highest BCUT2D eigenvalue weighted by molar-refractivity contribution is 7.89. The van der Waals surface area contributed by atoms with Crippen molar-refractivity contribution in [2.45, 2.75) is 30.7 Å². The number of hydrogen-bond donors (Lipinski definition) is 1. The highest BCUT2D eigenvalue weighted by Gasteiger charge is 2.36. The van der Waals surface area contributed by atoms with Gasteiger partial charge in [0.15, 0.2) is 0 Å². The van der Waals surface area contributed by atoms with E-state index in [4.69, 9.17) is 10.5 Å². The molecule has 1 aromatic carbocycles. The minimum Gasteiger partial charge on any atom is -0.497 e. The molecule has 2 unspecified atom stereocenters. The first-order chi connectivity index (χ1) is 9.50. The average Bonchev–Trinajstić information content (AvgIpc) is 2.47. The molecule has 20 heavy (non-hydrogen) atoms. The Labute approximate surface area is 120 Å². The fourth-order valence-corrected chi connectivity index (χ4v) is 4.51. The van der Waals surface area contributed by atoms with E-state index in [1.54, 1.807) is 35.7 Å². The zero-order chi connectivity index (χ0) is 14.8. The smallest absolute Gasteiger partial charge is 0.243 e. The molecule has 1 aliphatic heterocycles. The molecule has 0 amide bonds. The molecule has 1 saturated heterocycles. The second kappa shape index (κ2) is 6.11. The molecule has 2 atom stereocenters. The van der Waals surface area contributed by atoms with E-state index in [9.17, 15) is 8.42 Å². The van der Waals surface area contributed by atoms with Gasteiger partial charge in [-0.2, -0.15) is 4.31 Å². The van der Waals surface area contributed by atoms with E-state index in [-0.39, 0.29) is 6.04 Å². The van der Waals surface area contributed by atoms with Crippen LogP contribution in [0, 0.1) is 5.92 Å². The van der Waals surface area contributed by atoms with Gasteiger partial charge in [-0.25, -0.2) is 8.42 Å². The molecule has 1 aromatic rings. The molecule has 0 radical (unpaired) electrons. The predicted molar refractivity (Wildman–Crippen MR) is 78.1 cm³/mol. The van der Waals surface area contributed by atoms with E-state index in [1.807, 2.05) is 0 Å². The summed E-state index contributed by atoms with van der Waals surface area (Å²) in [4.78, 5) is 0.297. The Morgan fingerprint density at radius 3 is 2.55 bits per heavy atom. The fraction of sp³-hybridized carbons (Fsp3) is 0.571. The molecular formula is C14H22N2O3S. The highest BCUT2D eigenvalue weighted by Crippen LogP contribution is 2.29. The normalized spacial score (nSPS) is 24.6. The first-order valence-electron chi connectivity index (χ1n) is 6.86. The van der Waals surface area contributed by atoms with Crippen LogP contribution >= 0.6 is 0 Å². The van der Waals surface area contributed by atoms with Crippen molar-refractivity contribution in [1.82, 2.24) is 4.31 Å². The molecule has 2 N–H and O–H groups in total. The topological polar surface area (TPSA) is 72.6 Å². The molecule has 5 nitrogen and oxygen atoms in total. The van der Waals surface area contributed by atoms with Crippen LogP contribution in [0.5, 0.6) is 5.75 Å². The van der Waals surface area contributed by atoms with Gasteiger partial charge in [0, 0.05) is 19.1 Å². The summed E-state index contributed by atoms with van der Waals surface area (Å²) in [6, 6.07) is 6.38. The number of hydrogen-bond acceptors (Lipinski definition) is 4. The molecule has 0 spiro atoms. The van der Waals surface area contributed by atoms with Crippen LogP contribution in [-0.2, 0) is 10.0 Å². The summed E-state index contributed by atoms with van der Waals surface area (Å²) in [7, 11) is -1.93. The Kier molecular flexibility index (Phi) is 4.67. The van der Waals surface area contributed by atoms with Gasteiger partial charge in [-0.1, -0.05) is 6.92 Å². The van der Waals surface area contributed by atoms with Crippen molar-refractivity contribution in [2.75, 3.05) is 20.2 Å². The maximum atomic E-state index is 12.7. The van der Waals surface area contributed by atoms with Crippen LogP contribution in [0.25, 0.3) is 0 Å². The number of piperidine rings is 1. The first-order valence-corrected chi connectivity index (χ1v) is 8.30. The lowest BCUT2D eigenvalue weighted by Crippen LogP contribution is -2.51. The Bertz CT molecular complexity index is 542. The van der Waals surface area contributed by atoms with Crippen LogP contribution in [0.2, 0.25) is 0 Å². The number of methoxy groups -OCH3 is 1. The quantitative estimate of drug-likeness (QED) is 0.913. The molecule has 0 aliphatic carbocycles. The van der Waals surface area contributed by atoms with Crippen LogP contribution in [0.3, 0.4) is 0 Å². The van der Waals surface area contributed by atoms with Gasteiger partial charge in [0.2, 0.25) is 10.0 Å². The largest absolute Gasteiger partial charge is 0.497 e. The maximum absolute atomic E-state index is 12.7. The molecule has 2 rings (SSSR count). The fourth-order valence-electron chi connectivity index (χ4n) is 2.74. The van der Waals surface area contributed by atoms with Gasteiger partial charge in [0.05, 0.1) is 12.0 Å². The Morgan fingerprint density at radius 2 is 2.00 bits per heavy atom. The van der Waals surface area contributed by atoms with Crippen molar-refractivity contribution in [3.05, 3.63) is 24.3 Å². The number of nitrogens with zero attached hydrogens (tertiary/aromatic N) is 1. The van der Waals surface area contributed by atoms with E-state index >= 15 is 0 Å². The lowest BCUT2D eigenvalue weighted by atomic mass is 9.93. The van der Waals surface area contributed by atoms with Crippen molar-refractivity contribution in [3.63, 3.8) is 0 Å². The summed E-state index contributed by atoms with van der Waals surface area (Å²) in [5.41, 5.74) is 5.78. The number of rotatable bonds is 4. The molecule has 1 heterocycles. The van der Waals surface area contributed by atoms with E-state index in [2.05, 4.69) is 6.92 Å². The van der Waals surface area contributed by atoms with Gasteiger partial charge in [-0.3, -0.25) is 0 Å². The minimum absolute atomic E-state index is 0.115. The summed E-state index contributed by atoms with van der Waals surface area (Å²) in [6.45, 7) is 2.96. The first kappa shape index (κ1) is 15.3. The zero-order valence-corrected chi connectivity index (χ0v) is 12.8. The van der Waals surface area contributed by atoms with Crippen molar-refractivity contribution >= 4 is 10.0 Å². The van der Waals surface area contributed by atoms with Crippen molar-refractivity contribution in [3.8, 4) is 5.75 Å². The van der Waals surface area contributed by atoms with Crippen molar-refractivity contribution < 1.29 is 13.2 Å². The van der Waals surface area contributed by atoms with Gasteiger partial charge < -0.3 is 10.5 Å². The monoisotopic (exact) mass is 298 g/mol. The molecule has 0 aromatic heterocycles. The molecule has 0 bridgehead atoms. The maximum Gasteiger partial charge on any atom is 0.243 e. The molecule has 112 valence electrons. The van der Waals surface area contributed by atoms with Crippen LogP contribution in [-0.4, -0.2) is 39.0 Å². The lowest BCUT2D eigenvalue weighted by molar-refractivity contribution is 0.192. The number of benzene rings is 1. The highest BCUT2D eigenvalue weighted by atomic mass is 32.2. The molecule has 6 heteroatoms. The number of nitrogens with two attached hydrogens (primary N) is 1. The minimum atomic E-state index is -3.48. The predicted octanol–water partition coefficient (Wildman–Crippen LogP) is 1.44. The van der Waals surface area contributed by atoms with Crippen LogP contribution in [0.4, 0.5) is 0 Å². The Morgan fingerprint density at radius 1 is 1.35 bits per heavy atom. The third kappa shape index (κ3) is 2.82. The summed E-state index contributed by atoms with van der Waals surface area (Å²) in [6.07, 6.45) is 1.91. The Balaban J connectivity index is 2.32. The van der Waals surface area contributed by atoms with Crippen LogP contribution in [0.15, 0.2) is 29.2 Å². The van der Waals surface area contributed by atoms with E-state index in [0.29, 0.717) is 29.7 Å². The van der Waals surface area contributed by atoms with Gasteiger partial charge >= 0.3 is 0 Å². The third-order valence-corrected chi connectivity index (χ3v) is 5.91. The number of sulfonamides is 1. The third-order valence-electron chi connectivity index (χ3n) is 3.97. The molecular weight excluding hydrogens is 276 g/mol. The van der Waals surface area contributed by atoms with E-state index in [1.165, 1.54) is 0 Å². The summed E-state index contributed by atoms with van der Waals surface area (Å²) >= 11 is 0. The molecule has 1 fully saturated rings. The number of ether oxygens (including phenoxy) is 1. The van der Waals surface area contributed by atoms with E-state index in [0.717, 1.165) is 12.8 Å². The van der Waals surface area contributed by atoms with Crippen LogP contribution in [0.1, 0.15) is 19.8 Å². The van der Waals surface area contributed by atoms with Crippen LogP contribution < -0.4 is 10.5 Å². The second-order valence-corrected chi connectivity index (χ2v) is 7.10. The zero-order valence-electron chi connectivity index (χ0n) is 12.0. The van der Waals surface area contributed by atoms with Gasteiger partial charge in [0.1, 0.15) is 5.75 Å². The molecule has 0 saturated carbocycles.